The van der Waals surface area contributed by atoms with Gasteiger partial charge in [0.2, 0.25) is 0 Å². The first kappa shape index (κ1) is 13.5. The Morgan fingerprint density at radius 1 is 1.45 bits per heavy atom. The average Bonchev–Trinajstić information content (AvgIpc) is 2.75. The lowest BCUT2D eigenvalue weighted by molar-refractivity contribution is 0.108. The maximum Gasteiger partial charge on any atom is 0.407 e. The highest BCUT2D eigenvalue weighted by molar-refractivity contribution is 9.10. The van der Waals surface area contributed by atoms with Crippen molar-refractivity contribution in [1.82, 2.24) is 9.47 Å². The number of hydrogen-bond acceptors (Lipinski definition) is 2. The second kappa shape index (κ2) is 4.79. The van der Waals surface area contributed by atoms with Gasteiger partial charge < -0.3 is 19.7 Å². The van der Waals surface area contributed by atoms with Crippen molar-refractivity contribution in [2.45, 2.75) is 19.5 Å². The van der Waals surface area contributed by atoms with Crippen LogP contribution in [0.2, 0.25) is 0 Å². The molecular weight excluding hydrogens is 324 g/mol. The highest BCUT2D eigenvalue weighted by Crippen LogP contribution is 2.32. The number of carbonyl (C=O) groups is 1. The number of aromatic nitrogens is 1. The Balaban J connectivity index is 2.19. The number of aliphatic hydroxyl groups is 1. The van der Waals surface area contributed by atoms with E-state index in [-0.39, 0.29) is 12.6 Å². The molecule has 1 aliphatic rings. The van der Waals surface area contributed by atoms with Gasteiger partial charge in [-0.15, -0.1) is 0 Å². The lowest BCUT2D eigenvalue weighted by atomic mass is 10.2. The van der Waals surface area contributed by atoms with Gasteiger partial charge in [-0.2, -0.15) is 0 Å². The molecule has 2 aromatic rings. The van der Waals surface area contributed by atoms with Gasteiger partial charge in [0.15, 0.2) is 0 Å². The molecule has 0 saturated heterocycles. The molecule has 1 aliphatic heterocycles. The first-order chi connectivity index (χ1) is 9.51. The minimum absolute atomic E-state index is 0.0737. The summed E-state index contributed by atoms with van der Waals surface area (Å²) in [7, 11) is 0. The van der Waals surface area contributed by atoms with Crippen molar-refractivity contribution in [2.24, 2.45) is 0 Å². The normalized spacial score (nSPS) is 18.4. The van der Waals surface area contributed by atoms with Gasteiger partial charge in [0.1, 0.15) is 0 Å². The molecule has 1 unspecified atom stereocenters. The fourth-order valence-corrected chi connectivity index (χ4v) is 3.21. The van der Waals surface area contributed by atoms with Crippen molar-refractivity contribution in [3.05, 3.63) is 33.9 Å². The van der Waals surface area contributed by atoms with E-state index in [1.807, 2.05) is 19.1 Å². The molecule has 1 aromatic heterocycles. The molecule has 0 saturated carbocycles. The van der Waals surface area contributed by atoms with Crippen LogP contribution >= 0.6 is 15.9 Å². The van der Waals surface area contributed by atoms with Crippen LogP contribution in [0.5, 0.6) is 0 Å². The maximum atomic E-state index is 11.2. The van der Waals surface area contributed by atoms with Gasteiger partial charge in [0, 0.05) is 27.6 Å². The van der Waals surface area contributed by atoms with Crippen molar-refractivity contribution < 1.29 is 15.0 Å². The van der Waals surface area contributed by atoms with E-state index in [4.69, 9.17) is 5.11 Å². The maximum absolute atomic E-state index is 11.2. The fraction of sp³-hybridized carbons (Fsp3) is 0.357. The van der Waals surface area contributed by atoms with Crippen LogP contribution in [0.4, 0.5) is 4.79 Å². The number of hydrogen-bond donors (Lipinski definition) is 2. The van der Waals surface area contributed by atoms with E-state index in [0.717, 1.165) is 26.6 Å². The molecule has 1 amide bonds. The largest absolute Gasteiger partial charge is 0.465 e. The molecule has 0 radical (unpaired) electrons. The van der Waals surface area contributed by atoms with Crippen molar-refractivity contribution in [1.29, 1.82) is 0 Å². The Labute approximate surface area is 124 Å². The molecule has 20 heavy (non-hydrogen) atoms. The molecule has 106 valence electrons. The lowest BCUT2D eigenvalue weighted by Crippen LogP contribution is -2.41. The summed E-state index contributed by atoms with van der Waals surface area (Å²) in [6.45, 7) is 2.62. The van der Waals surface area contributed by atoms with Gasteiger partial charge in [-0.1, -0.05) is 15.9 Å². The first-order valence-electron chi connectivity index (χ1n) is 6.40. The molecule has 3 rings (SSSR count). The SMILES string of the molecule is Cc1cc2c(cc1Br)cc1n2C(CO)CN(C(=O)O)C1. The van der Waals surface area contributed by atoms with Gasteiger partial charge >= 0.3 is 6.09 Å². The Morgan fingerprint density at radius 2 is 2.20 bits per heavy atom. The number of amides is 1. The zero-order valence-electron chi connectivity index (χ0n) is 11.0. The van der Waals surface area contributed by atoms with Gasteiger partial charge in [-0.25, -0.2) is 4.79 Å². The number of fused-ring (bicyclic) bond motifs is 3. The summed E-state index contributed by atoms with van der Waals surface area (Å²) in [5.41, 5.74) is 3.09. The molecule has 1 atom stereocenters. The Hall–Kier alpha value is -1.53. The summed E-state index contributed by atoms with van der Waals surface area (Å²) in [4.78, 5) is 12.5. The van der Waals surface area contributed by atoms with Crippen LogP contribution in [0.1, 0.15) is 17.3 Å². The first-order valence-corrected chi connectivity index (χ1v) is 7.19. The van der Waals surface area contributed by atoms with E-state index in [1.165, 1.54) is 4.90 Å². The van der Waals surface area contributed by atoms with Crippen LogP contribution < -0.4 is 0 Å². The Kier molecular flexibility index (Phi) is 3.22. The summed E-state index contributed by atoms with van der Waals surface area (Å²) in [5, 5.41) is 19.8. The quantitative estimate of drug-likeness (QED) is 0.840. The molecule has 0 fully saturated rings. The molecule has 6 heteroatoms. The predicted octanol–water partition coefficient (Wildman–Crippen LogP) is 2.74. The summed E-state index contributed by atoms with van der Waals surface area (Å²) in [5.74, 6) is 0. The second-order valence-corrected chi connectivity index (χ2v) is 6.02. The van der Waals surface area contributed by atoms with E-state index in [0.29, 0.717) is 13.1 Å². The van der Waals surface area contributed by atoms with Crippen molar-refractivity contribution in [3.63, 3.8) is 0 Å². The third-order valence-electron chi connectivity index (χ3n) is 3.83. The van der Waals surface area contributed by atoms with E-state index in [1.54, 1.807) is 0 Å². The van der Waals surface area contributed by atoms with Gasteiger partial charge in [-0.3, -0.25) is 0 Å². The molecule has 5 nitrogen and oxygen atoms in total. The number of carboxylic acid groups (broad SMARTS) is 1. The fourth-order valence-electron chi connectivity index (χ4n) is 2.84. The third-order valence-corrected chi connectivity index (χ3v) is 4.68. The van der Waals surface area contributed by atoms with Crippen LogP contribution in [0, 0.1) is 6.92 Å². The summed E-state index contributed by atoms with van der Waals surface area (Å²) < 4.78 is 3.09. The summed E-state index contributed by atoms with van der Waals surface area (Å²) in [6, 6.07) is 5.88. The molecule has 2 heterocycles. The number of aliphatic hydroxyl groups excluding tert-OH is 1. The highest BCUT2D eigenvalue weighted by Gasteiger charge is 2.29. The van der Waals surface area contributed by atoms with Crippen LogP contribution in [0.15, 0.2) is 22.7 Å². The molecule has 0 bridgehead atoms. The minimum Gasteiger partial charge on any atom is -0.465 e. The summed E-state index contributed by atoms with van der Waals surface area (Å²) in [6.07, 6.45) is -0.947. The van der Waals surface area contributed by atoms with Crippen LogP contribution in [-0.4, -0.2) is 38.9 Å². The average molecular weight is 339 g/mol. The Bertz CT molecular complexity index is 695. The third kappa shape index (κ3) is 1.99. The number of rotatable bonds is 1. The van der Waals surface area contributed by atoms with Gasteiger partial charge in [0.25, 0.3) is 0 Å². The van der Waals surface area contributed by atoms with E-state index in [2.05, 4.69) is 26.6 Å². The van der Waals surface area contributed by atoms with Crippen molar-refractivity contribution in [3.8, 4) is 0 Å². The van der Waals surface area contributed by atoms with E-state index in [9.17, 15) is 9.90 Å². The number of nitrogens with zero attached hydrogens (tertiary/aromatic N) is 2. The molecule has 1 aromatic carbocycles. The second-order valence-electron chi connectivity index (χ2n) is 5.17. The highest BCUT2D eigenvalue weighted by atomic mass is 79.9. The summed E-state index contributed by atoms with van der Waals surface area (Å²) >= 11 is 3.51. The van der Waals surface area contributed by atoms with Gasteiger partial charge in [0.05, 0.1) is 19.2 Å². The van der Waals surface area contributed by atoms with Crippen LogP contribution in [-0.2, 0) is 6.54 Å². The van der Waals surface area contributed by atoms with E-state index >= 15 is 0 Å². The molecular formula is C14H15BrN2O3. The van der Waals surface area contributed by atoms with Gasteiger partial charge in [-0.05, 0) is 30.7 Å². The molecule has 0 spiro atoms. The molecule has 0 aliphatic carbocycles. The van der Waals surface area contributed by atoms with E-state index < -0.39 is 6.09 Å². The number of aryl methyl sites for hydroxylation is 1. The monoisotopic (exact) mass is 338 g/mol. The molecule has 2 N–H and O–H groups in total. The van der Waals surface area contributed by atoms with Crippen LogP contribution in [0.25, 0.3) is 10.9 Å². The predicted molar refractivity (Wildman–Crippen MR) is 78.9 cm³/mol. The van der Waals surface area contributed by atoms with Crippen molar-refractivity contribution in [2.75, 3.05) is 13.2 Å². The smallest absolute Gasteiger partial charge is 0.407 e. The zero-order valence-corrected chi connectivity index (χ0v) is 12.6. The number of halogens is 1. The number of benzene rings is 1. The topological polar surface area (TPSA) is 65.7 Å². The van der Waals surface area contributed by atoms with Crippen molar-refractivity contribution >= 4 is 32.9 Å². The van der Waals surface area contributed by atoms with Crippen LogP contribution in [0.3, 0.4) is 0 Å². The lowest BCUT2D eigenvalue weighted by Gasteiger charge is -2.32. The standard InChI is InChI=1S/C14H15BrN2O3/c1-8-2-13-9(4-12(8)15)3-10-5-16(14(19)20)6-11(7-18)17(10)13/h2-4,11,18H,5-7H2,1H3,(H,19,20). The zero-order chi connectivity index (χ0) is 14.4. The minimum atomic E-state index is -0.947. The Morgan fingerprint density at radius 3 is 2.85 bits per heavy atom.